The molecule has 0 spiro atoms. The number of hydrogen-bond donors (Lipinski definition) is 0. The summed E-state index contributed by atoms with van der Waals surface area (Å²) in [6, 6.07) is 4.72. The molecule has 13 heavy (non-hydrogen) atoms. The molecule has 1 rings (SSSR count). The summed E-state index contributed by atoms with van der Waals surface area (Å²) < 4.78 is 12.8. The van der Waals surface area contributed by atoms with Gasteiger partial charge in [-0.05, 0) is 48.2 Å². The minimum atomic E-state index is -0.387. The topological polar surface area (TPSA) is 17.1 Å². The molecule has 0 bridgehead atoms. The largest absolute Gasteiger partial charge is 0.281 e. The summed E-state index contributed by atoms with van der Waals surface area (Å²) in [6.07, 6.45) is 0.755. The van der Waals surface area contributed by atoms with E-state index in [4.69, 9.17) is 11.6 Å². The van der Waals surface area contributed by atoms with E-state index in [1.807, 2.05) is 13.0 Å². The molecule has 0 N–H and O–H groups in total. The predicted molar refractivity (Wildman–Crippen MR) is 50.3 cm³/mol. The second-order valence-electron chi connectivity index (χ2n) is 2.99. The van der Waals surface area contributed by atoms with Crippen LogP contribution in [0.5, 0.6) is 0 Å². The molecule has 0 radical (unpaired) electrons. The molecular formula is C10H10ClFO. The third-order valence-electron chi connectivity index (χ3n) is 1.71. The standard InChI is InChI=1S/C10H10ClFO/c1-7-4-8(2-3-10(11)13)6-9(12)5-7/h4-6H,2-3H2,1H3. The van der Waals surface area contributed by atoms with Gasteiger partial charge >= 0.3 is 0 Å². The molecule has 1 nitrogen and oxygen atoms in total. The van der Waals surface area contributed by atoms with Crippen molar-refractivity contribution in [3.8, 4) is 0 Å². The molecule has 1 aromatic carbocycles. The zero-order valence-corrected chi connectivity index (χ0v) is 8.07. The first-order valence-electron chi connectivity index (χ1n) is 4.02. The van der Waals surface area contributed by atoms with Gasteiger partial charge in [-0.1, -0.05) is 6.07 Å². The van der Waals surface area contributed by atoms with E-state index in [1.54, 1.807) is 0 Å². The van der Waals surface area contributed by atoms with Gasteiger partial charge < -0.3 is 0 Å². The van der Waals surface area contributed by atoms with Crippen LogP contribution in [-0.2, 0) is 11.2 Å². The van der Waals surface area contributed by atoms with Gasteiger partial charge in [-0.3, -0.25) is 4.79 Å². The van der Waals surface area contributed by atoms with Crippen LogP contribution in [0, 0.1) is 12.7 Å². The first kappa shape index (κ1) is 10.2. The lowest BCUT2D eigenvalue weighted by Crippen LogP contribution is -1.93. The van der Waals surface area contributed by atoms with E-state index in [0.717, 1.165) is 11.1 Å². The molecule has 0 saturated heterocycles. The van der Waals surface area contributed by atoms with Gasteiger partial charge in [0, 0.05) is 6.42 Å². The highest BCUT2D eigenvalue weighted by atomic mass is 35.5. The van der Waals surface area contributed by atoms with Crippen LogP contribution >= 0.6 is 11.6 Å². The maximum atomic E-state index is 12.8. The molecule has 0 atom stereocenters. The normalized spacial score (nSPS) is 10.1. The second-order valence-corrected chi connectivity index (χ2v) is 3.41. The minimum absolute atomic E-state index is 0.254. The molecule has 1 aromatic rings. The quantitative estimate of drug-likeness (QED) is 0.686. The molecule has 0 aliphatic rings. The van der Waals surface area contributed by atoms with Gasteiger partial charge in [0.2, 0.25) is 5.24 Å². The van der Waals surface area contributed by atoms with Crippen LogP contribution in [0.25, 0.3) is 0 Å². The Kier molecular flexibility index (Phi) is 3.43. The summed E-state index contributed by atoms with van der Waals surface area (Å²) in [5, 5.41) is -0.387. The van der Waals surface area contributed by atoms with E-state index >= 15 is 0 Å². The third kappa shape index (κ3) is 3.55. The summed E-state index contributed by atoms with van der Waals surface area (Å²) >= 11 is 5.17. The van der Waals surface area contributed by atoms with E-state index in [1.165, 1.54) is 12.1 Å². The fourth-order valence-electron chi connectivity index (χ4n) is 1.20. The van der Waals surface area contributed by atoms with Gasteiger partial charge in [0.15, 0.2) is 0 Å². The van der Waals surface area contributed by atoms with E-state index in [2.05, 4.69) is 0 Å². The van der Waals surface area contributed by atoms with Crippen LogP contribution < -0.4 is 0 Å². The Morgan fingerprint density at radius 2 is 2.15 bits per heavy atom. The molecular weight excluding hydrogens is 191 g/mol. The Morgan fingerprint density at radius 1 is 1.46 bits per heavy atom. The smallest absolute Gasteiger partial charge is 0.221 e. The van der Waals surface area contributed by atoms with Crippen molar-refractivity contribution in [1.29, 1.82) is 0 Å². The van der Waals surface area contributed by atoms with Crippen molar-refractivity contribution in [3.63, 3.8) is 0 Å². The molecule has 0 heterocycles. The average molecular weight is 201 g/mol. The summed E-state index contributed by atoms with van der Waals surface area (Å²) in [6.45, 7) is 1.81. The Hall–Kier alpha value is -0.890. The number of benzene rings is 1. The van der Waals surface area contributed by atoms with Crippen LogP contribution in [0.4, 0.5) is 4.39 Å². The first-order chi connectivity index (χ1) is 6.08. The first-order valence-corrected chi connectivity index (χ1v) is 4.40. The van der Waals surface area contributed by atoms with Crippen LogP contribution in [0.2, 0.25) is 0 Å². The SMILES string of the molecule is Cc1cc(F)cc(CCC(=O)Cl)c1. The maximum absolute atomic E-state index is 12.8. The van der Waals surface area contributed by atoms with Crippen molar-refractivity contribution in [1.82, 2.24) is 0 Å². The van der Waals surface area contributed by atoms with E-state index in [-0.39, 0.29) is 17.5 Å². The highest BCUT2D eigenvalue weighted by Gasteiger charge is 2.01. The zero-order valence-electron chi connectivity index (χ0n) is 7.31. The Balaban J connectivity index is 2.71. The molecule has 0 saturated carbocycles. The monoisotopic (exact) mass is 200 g/mol. The predicted octanol–water partition coefficient (Wildman–Crippen LogP) is 2.83. The number of halogens is 2. The molecule has 0 aliphatic carbocycles. The third-order valence-corrected chi connectivity index (χ3v) is 1.90. The fourth-order valence-corrected chi connectivity index (χ4v) is 1.29. The van der Waals surface area contributed by atoms with Crippen LogP contribution in [0.15, 0.2) is 18.2 Å². The Bertz CT molecular complexity index is 302. The van der Waals surface area contributed by atoms with Gasteiger partial charge in [-0.15, -0.1) is 0 Å². The number of carbonyl (C=O) groups is 1. The maximum Gasteiger partial charge on any atom is 0.221 e. The lowest BCUT2D eigenvalue weighted by atomic mass is 10.1. The van der Waals surface area contributed by atoms with E-state index < -0.39 is 0 Å². The van der Waals surface area contributed by atoms with Crippen LogP contribution in [-0.4, -0.2) is 5.24 Å². The molecule has 0 unspecified atom stereocenters. The number of rotatable bonds is 3. The average Bonchev–Trinajstić information content (AvgIpc) is 1.99. The van der Waals surface area contributed by atoms with Crippen LogP contribution in [0.3, 0.4) is 0 Å². The van der Waals surface area contributed by atoms with Crippen molar-refractivity contribution in [2.45, 2.75) is 19.8 Å². The number of carbonyl (C=O) groups excluding carboxylic acids is 1. The number of hydrogen-bond acceptors (Lipinski definition) is 1. The zero-order chi connectivity index (χ0) is 9.84. The highest BCUT2D eigenvalue weighted by molar-refractivity contribution is 6.63. The molecule has 3 heteroatoms. The fraction of sp³-hybridized carbons (Fsp3) is 0.300. The minimum Gasteiger partial charge on any atom is -0.281 e. The van der Waals surface area contributed by atoms with Gasteiger partial charge in [0.25, 0.3) is 0 Å². The molecule has 0 aromatic heterocycles. The van der Waals surface area contributed by atoms with Crippen LogP contribution in [0.1, 0.15) is 17.5 Å². The second kappa shape index (κ2) is 4.38. The van der Waals surface area contributed by atoms with Gasteiger partial charge in [-0.25, -0.2) is 4.39 Å². The highest BCUT2D eigenvalue weighted by Crippen LogP contribution is 2.10. The van der Waals surface area contributed by atoms with E-state index in [9.17, 15) is 9.18 Å². The van der Waals surface area contributed by atoms with Gasteiger partial charge in [0.05, 0.1) is 0 Å². The van der Waals surface area contributed by atoms with Crippen molar-refractivity contribution < 1.29 is 9.18 Å². The van der Waals surface area contributed by atoms with Crippen molar-refractivity contribution in [2.75, 3.05) is 0 Å². The lowest BCUT2D eigenvalue weighted by Gasteiger charge is -2.00. The summed E-state index contributed by atoms with van der Waals surface area (Å²) in [5.41, 5.74) is 1.67. The summed E-state index contributed by atoms with van der Waals surface area (Å²) in [4.78, 5) is 10.5. The van der Waals surface area contributed by atoms with Gasteiger partial charge in [-0.2, -0.15) is 0 Å². The molecule has 0 amide bonds. The van der Waals surface area contributed by atoms with Crippen molar-refractivity contribution >= 4 is 16.8 Å². The summed E-state index contributed by atoms with van der Waals surface area (Å²) in [7, 11) is 0. The summed E-state index contributed by atoms with van der Waals surface area (Å²) in [5.74, 6) is -0.267. The molecule has 70 valence electrons. The van der Waals surface area contributed by atoms with E-state index in [0.29, 0.717) is 6.42 Å². The van der Waals surface area contributed by atoms with Gasteiger partial charge in [0.1, 0.15) is 5.82 Å². The molecule has 0 aliphatic heterocycles. The lowest BCUT2D eigenvalue weighted by molar-refractivity contribution is -0.111. The Labute approximate surface area is 81.5 Å². The van der Waals surface area contributed by atoms with Crippen molar-refractivity contribution in [3.05, 3.63) is 35.1 Å². The Morgan fingerprint density at radius 3 is 2.69 bits per heavy atom. The number of aryl methyl sites for hydroxylation is 2. The molecule has 0 fully saturated rings. The van der Waals surface area contributed by atoms with Crippen molar-refractivity contribution in [2.24, 2.45) is 0 Å².